The molecule has 0 fully saturated rings. The first-order valence-electron chi connectivity index (χ1n) is 8.21. The molecule has 0 spiro atoms. The predicted molar refractivity (Wildman–Crippen MR) is 101 cm³/mol. The maximum atomic E-state index is 12.3. The van der Waals surface area contributed by atoms with Gasteiger partial charge in [-0.2, -0.15) is 0 Å². The van der Waals surface area contributed by atoms with Crippen LogP contribution in [0.5, 0.6) is 5.75 Å². The zero-order valence-corrected chi connectivity index (χ0v) is 17.0. The lowest BCUT2D eigenvalue weighted by Gasteiger charge is -2.15. The van der Waals surface area contributed by atoms with Gasteiger partial charge in [-0.25, -0.2) is 17.5 Å². The number of esters is 1. The van der Waals surface area contributed by atoms with E-state index < -0.39 is 28.5 Å². The van der Waals surface area contributed by atoms with Crippen molar-refractivity contribution in [2.24, 2.45) is 0 Å². The number of sulfonamides is 1. The Kier molecular flexibility index (Phi) is 6.47. The zero-order chi connectivity index (χ0) is 21.1. The molecule has 1 amide bonds. The fraction of sp³-hybridized carbons (Fsp3) is 0.333. The molecule has 0 bridgehead atoms. The maximum absolute atomic E-state index is 12.3. The topological polar surface area (TPSA) is 115 Å². The van der Waals surface area contributed by atoms with Crippen molar-refractivity contribution in [3.05, 3.63) is 41.3 Å². The van der Waals surface area contributed by atoms with Gasteiger partial charge < -0.3 is 19.2 Å². The van der Waals surface area contributed by atoms with Gasteiger partial charge in [-0.3, -0.25) is 4.79 Å². The molecule has 1 heterocycles. The molecule has 0 aliphatic rings. The molecule has 28 heavy (non-hydrogen) atoms. The number of hydrogen-bond donors (Lipinski definition) is 1. The molecule has 0 saturated carbocycles. The van der Waals surface area contributed by atoms with E-state index in [1.54, 1.807) is 13.8 Å². The summed E-state index contributed by atoms with van der Waals surface area (Å²) in [4.78, 5) is 24.2. The Balaban J connectivity index is 2.12. The van der Waals surface area contributed by atoms with Crippen LogP contribution in [0.3, 0.4) is 0 Å². The van der Waals surface area contributed by atoms with Gasteiger partial charge in [0.25, 0.3) is 5.91 Å². The van der Waals surface area contributed by atoms with Gasteiger partial charge in [0.1, 0.15) is 22.8 Å². The van der Waals surface area contributed by atoms with Crippen LogP contribution in [-0.4, -0.2) is 52.4 Å². The maximum Gasteiger partial charge on any atom is 0.342 e. The Morgan fingerprint density at radius 1 is 1.18 bits per heavy atom. The third-order valence-electron chi connectivity index (χ3n) is 3.82. The Bertz CT molecular complexity index is 993. The zero-order valence-electron chi connectivity index (χ0n) is 16.2. The predicted octanol–water partition coefficient (Wildman–Crippen LogP) is 1.95. The average Bonchev–Trinajstić information content (AvgIpc) is 2.97. The molecule has 0 saturated heterocycles. The molecule has 0 radical (unpaired) electrons. The van der Waals surface area contributed by atoms with E-state index in [0.29, 0.717) is 11.5 Å². The minimum Gasteiger partial charge on any atom is -0.495 e. The van der Waals surface area contributed by atoms with Crippen molar-refractivity contribution in [3.63, 3.8) is 0 Å². The number of carbonyl (C=O) groups is 2. The number of nitrogens with one attached hydrogen (secondary N) is 1. The van der Waals surface area contributed by atoms with Crippen LogP contribution < -0.4 is 10.1 Å². The van der Waals surface area contributed by atoms with Crippen LogP contribution >= 0.6 is 0 Å². The molecule has 0 atom stereocenters. The lowest BCUT2D eigenvalue weighted by molar-refractivity contribution is -0.119. The number of amides is 1. The summed E-state index contributed by atoms with van der Waals surface area (Å²) in [6.45, 7) is 2.75. The SMILES string of the molecule is COc1ccc(S(=O)(=O)N(C)C)cc1NC(=O)COC(=O)c1cc(C)oc1C. The standard InChI is InChI=1S/C18H22N2O7S/c1-11-8-14(12(2)27-11)18(22)26-10-17(21)19-15-9-13(6-7-16(15)25-5)28(23,24)20(3)4/h6-9H,10H2,1-5H3,(H,19,21). The Morgan fingerprint density at radius 2 is 1.86 bits per heavy atom. The second-order valence-corrected chi connectivity index (χ2v) is 8.25. The number of ether oxygens (including phenoxy) is 2. The van der Waals surface area contributed by atoms with Crippen molar-refractivity contribution < 1.29 is 31.9 Å². The summed E-state index contributed by atoms with van der Waals surface area (Å²) in [5.41, 5.74) is 0.378. The van der Waals surface area contributed by atoms with Crippen molar-refractivity contribution in [2.75, 3.05) is 33.1 Å². The summed E-state index contributed by atoms with van der Waals surface area (Å²) in [5, 5.41) is 2.49. The number of anilines is 1. The van der Waals surface area contributed by atoms with Gasteiger partial charge >= 0.3 is 5.97 Å². The highest BCUT2D eigenvalue weighted by molar-refractivity contribution is 7.89. The summed E-state index contributed by atoms with van der Waals surface area (Å²) >= 11 is 0. The molecule has 0 unspecified atom stereocenters. The molecule has 9 nitrogen and oxygen atoms in total. The lowest BCUT2D eigenvalue weighted by atomic mass is 10.2. The molecular weight excluding hydrogens is 388 g/mol. The first-order chi connectivity index (χ1) is 13.1. The van der Waals surface area contributed by atoms with Crippen LogP contribution in [0, 0.1) is 13.8 Å². The Labute approximate surface area is 163 Å². The third kappa shape index (κ3) is 4.70. The number of rotatable bonds is 7. The van der Waals surface area contributed by atoms with Crippen molar-refractivity contribution in [1.82, 2.24) is 4.31 Å². The molecule has 2 rings (SSSR count). The van der Waals surface area contributed by atoms with Gasteiger partial charge in [0.05, 0.1) is 17.7 Å². The van der Waals surface area contributed by atoms with E-state index in [1.165, 1.54) is 45.5 Å². The van der Waals surface area contributed by atoms with E-state index in [9.17, 15) is 18.0 Å². The van der Waals surface area contributed by atoms with Crippen molar-refractivity contribution >= 4 is 27.6 Å². The molecule has 152 valence electrons. The minimum absolute atomic E-state index is 0.0184. The number of benzene rings is 1. The average molecular weight is 410 g/mol. The molecule has 1 N–H and O–H groups in total. The van der Waals surface area contributed by atoms with Crippen LogP contribution in [0.1, 0.15) is 21.9 Å². The summed E-state index contributed by atoms with van der Waals surface area (Å²) in [6, 6.07) is 5.59. The number of methoxy groups -OCH3 is 1. The quantitative estimate of drug-likeness (QED) is 0.694. The Hall–Kier alpha value is -2.85. The highest BCUT2D eigenvalue weighted by Crippen LogP contribution is 2.28. The number of furan rings is 1. The van der Waals surface area contributed by atoms with E-state index in [2.05, 4.69) is 5.32 Å². The highest BCUT2D eigenvalue weighted by atomic mass is 32.2. The number of nitrogens with zero attached hydrogens (tertiary/aromatic N) is 1. The van der Waals surface area contributed by atoms with Crippen LogP contribution in [-0.2, 0) is 19.6 Å². The van der Waals surface area contributed by atoms with Crippen LogP contribution in [0.2, 0.25) is 0 Å². The van der Waals surface area contributed by atoms with E-state index in [0.717, 1.165) is 4.31 Å². The number of hydrogen-bond acceptors (Lipinski definition) is 7. The summed E-state index contributed by atoms with van der Waals surface area (Å²) in [6.07, 6.45) is 0. The van der Waals surface area contributed by atoms with E-state index in [4.69, 9.17) is 13.9 Å². The van der Waals surface area contributed by atoms with E-state index in [1.807, 2.05) is 0 Å². The smallest absolute Gasteiger partial charge is 0.342 e. The largest absolute Gasteiger partial charge is 0.495 e. The van der Waals surface area contributed by atoms with Gasteiger partial charge in [-0.15, -0.1) is 0 Å². The van der Waals surface area contributed by atoms with Gasteiger partial charge in [-0.1, -0.05) is 0 Å². The van der Waals surface area contributed by atoms with Crippen molar-refractivity contribution in [1.29, 1.82) is 0 Å². The van der Waals surface area contributed by atoms with Gasteiger partial charge in [0.15, 0.2) is 6.61 Å². The second-order valence-electron chi connectivity index (χ2n) is 6.10. The monoisotopic (exact) mass is 410 g/mol. The van der Waals surface area contributed by atoms with Gasteiger partial charge in [-0.05, 0) is 38.1 Å². The summed E-state index contributed by atoms with van der Waals surface area (Å²) < 4.78 is 41.0. The van der Waals surface area contributed by atoms with Crippen LogP contribution in [0.4, 0.5) is 5.69 Å². The molecular formula is C18H22N2O7S. The van der Waals surface area contributed by atoms with Crippen molar-refractivity contribution in [3.8, 4) is 5.75 Å². The van der Waals surface area contributed by atoms with Gasteiger partial charge in [0.2, 0.25) is 10.0 Å². The van der Waals surface area contributed by atoms with E-state index in [-0.39, 0.29) is 21.9 Å². The fourth-order valence-corrected chi connectivity index (χ4v) is 3.31. The number of carbonyl (C=O) groups excluding carboxylic acids is 2. The second kappa shape index (κ2) is 8.44. The molecule has 2 aromatic rings. The van der Waals surface area contributed by atoms with Gasteiger partial charge in [0, 0.05) is 14.1 Å². The molecule has 10 heteroatoms. The summed E-state index contributed by atoms with van der Waals surface area (Å²) in [5.74, 6) is -0.133. The lowest BCUT2D eigenvalue weighted by Crippen LogP contribution is -2.23. The molecule has 0 aliphatic heterocycles. The first-order valence-corrected chi connectivity index (χ1v) is 9.65. The molecule has 1 aromatic heterocycles. The van der Waals surface area contributed by atoms with E-state index >= 15 is 0 Å². The van der Waals surface area contributed by atoms with Crippen molar-refractivity contribution in [2.45, 2.75) is 18.7 Å². The molecule has 1 aromatic carbocycles. The fourth-order valence-electron chi connectivity index (χ4n) is 2.38. The van der Waals surface area contributed by atoms with Crippen LogP contribution in [0.25, 0.3) is 0 Å². The third-order valence-corrected chi connectivity index (χ3v) is 5.63. The Morgan fingerprint density at radius 3 is 2.39 bits per heavy atom. The number of aryl methyl sites for hydroxylation is 2. The highest BCUT2D eigenvalue weighted by Gasteiger charge is 2.21. The van der Waals surface area contributed by atoms with Crippen LogP contribution in [0.15, 0.2) is 33.6 Å². The first kappa shape index (κ1) is 21.5. The minimum atomic E-state index is -3.69. The molecule has 0 aliphatic carbocycles. The summed E-state index contributed by atoms with van der Waals surface area (Å²) in [7, 11) is 0.490. The normalized spacial score (nSPS) is 11.4.